The van der Waals surface area contributed by atoms with E-state index in [1.165, 1.54) is 38.4 Å². The maximum atomic E-state index is 15.4. The average Bonchev–Trinajstić information content (AvgIpc) is 1.52. The Morgan fingerprint density at radius 1 is 0.540 bits per heavy atom. The minimum atomic E-state index is -5.04. The van der Waals surface area contributed by atoms with Gasteiger partial charge in [0.25, 0.3) is 11.8 Å². The van der Waals surface area contributed by atoms with E-state index in [2.05, 4.69) is 35.6 Å². The molecule has 12 aromatic rings. The lowest BCUT2D eigenvalue weighted by atomic mass is 9.82. The molecule has 0 radical (unpaired) electrons. The van der Waals surface area contributed by atoms with E-state index < -0.39 is 186 Å². The largest absolute Gasteiger partial charge is 0.498 e. The fraction of sp³-hybridized carbons (Fsp3) is 0.390. The van der Waals surface area contributed by atoms with Gasteiger partial charge in [0.05, 0.1) is 78.5 Å². The van der Waals surface area contributed by atoms with E-state index in [0.29, 0.717) is 76.8 Å². The number of ketones is 2. The van der Waals surface area contributed by atoms with Crippen LogP contribution in [0, 0.1) is 35.1 Å². The van der Waals surface area contributed by atoms with Crippen molar-refractivity contribution >= 4 is 100 Å². The molecule has 22 nitrogen and oxygen atoms in total. The third kappa shape index (κ3) is 17.5. The second kappa shape index (κ2) is 31.9. The fourth-order valence-corrected chi connectivity index (χ4v) is 19.1. The van der Waals surface area contributed by atoms with Crippen LogP contribution in [0.2, 0.25) is 15.2 Å². The molecule has 4 aromatic carbocycles. The van der Waals surface area contributed by atoms with Crippen LogP contribution >= 0.6 is 34.8 Å². The average molecular weight is 1830 g/mol. The number of sulfone groups is 2. The summed E-state index contributed by atoms with van der Waals surface area (Å²) in [5.41, 5.74) is -1.48. The number of aryl methyl sites for hydroxylation is 4. The number of rotatable bonds is 22. The lowest BCUT2D eigenvalue weighted by Crippen LogP contribution is -2.41. The number of hydrogen-bond donors (Lipinski definition) is 0. The number of benzene rings is 4. The van der Waals surface area contributed by atoms with Crippen molar-refractivity contribution in [2.75, 3.05) is 12.5 Å². The van der Waals surface area contributed by atoms with Gasteiger partial charge < -0.3 is 9.31 Å². The molecule has 17 rings (SSSR count). The minimum Gasteiger partial charge on any atom is -0.399 e. The molecule has 5 aliphatic rings. The standard InChI is InChI=1S/C38H31ClF7N7O3S.C34H26Cl2F7N5O3S.C10H17BN2O2/c1-51-15-20(14-47-51)29-7-5-24(25-4-6-28(39)32-30(17-57(3,55)56)49-52(2)34(25)32)33(48-29)19(8-18-9-21(40)12-22(41)10-18)11-23(54)16-53-36-31(35(50-53)38(44,45)46)26-13-27(26)37(36,42)43;1-47-30-21(3-5-24(35)28(30)25(45-47)14-52(2,50)51)20-4-6-26(36)44-29(20)16(7-15-8-17(37)11-18(38)9-15)10-19(49)13-48-32-27(31(46-48)34(41,42)43)22-12-23(22)33(32,39)40;1-9(2)10(3,4)15-11(14-9)8-6-12-13(5)7-8/h4-7,9-10,12,14-15,19,26-27H,8,11,13,16-17H2,1-3H3;3-6,8-9,11,16,22-23H,7,10,12-14H2,1-2H3;6-7H,1-5H3/t19-,26+,27-;16-,22+,23-;/m11./s1. The molecule has 9 heterocycles. The molecule has 4 aliphatic carbocycles. The number of hydrogen-bond acceptors (Lipinski definition) is 16. The molecule has 654 valence electrons. The highest BCUT2D eigenvalue weighted by Gasteiger charge is 2.70. The highest BCUT2D eigenvalue weighted by molar-refractivity contribution is 7.90. The molecule has 0 bridgehead atoms. The molecule has 1 saturated heterocycles. The zero-order valence-corrected chi connectivity index (χ0v) is 71.2. The second-order valence-electron chi connectivity index (χ2n) is 33.1. The minimum absolute atomic E-state index is 0.0480. The van der Waals surface area contributed by atoms with Gasteiger partial charge in [-0.05, 0) is 131 Å². The first-order valence-electron chi connectivity index (χ1n) is 38.4. The predicted molar refractivity (Wildman–Crippen MR) is 430 cm³/mol. The Kier molecular flexibility index (Phi) is 22.9. The second-order valence-corrected chi connectivity index (χ2v) is 38.6. The van der Waals surface area contributed by atoms with Crippen LogP contribution in [0.1, 0.15) is 145 Å². The van der Waals surface area contributed by atoms with Gasteiger partial charge in [-0.3, -0.25) is 42.7 Å². The number of pyridine rings is 2. The lowest BCUT2D eigenvalue weighted by Gasteiger charge is -2.32. The van der Waals surface area contributed by atoms with E-state index in [0.717, 1.165) is 42.2 Å². The summed E-state index contributed by atoms with van der Waals surface area (Å²) in [4.78, 5) is 37.3. The van der Waals surface area contributed by atoms with Crippen LogP contribution in [-0.2, 0) is 128 Å². The van der Waals surface area contributed by atoms with Crippen LogP contribution in [0.15, 0.2) is 110 Å². The summed E-state index contributed by atoms with van der Waals surface area (Å²) in [5.74, 6) is -20.2. The van der Waals surface area contributed by atoms with Gasteiger partial charge in [-0.25, -0.2) is 39.4 Å². The first kappa shape index (κ1) is 88.9. The smallest absolute Gasteiger partial charge is 0.399 e. The summed E-state index contributed by atoms with van der Waals surface area (Å²) in [6.07, 6.45) is -2.89. The molecule has 1 aliphatic heterocycles. The van der Waals surface area contributed by atoms with E-state index in [4.69, 9.17) is 49.1 Å². The fourth-order valence-electron chi connectivity index (χ4n) is 17.1. The number of carbonyl (C=O) groups excluding carboxylic acids is 2. The van der Waals surface area contributed by atoms with Crippen molar-refractivity contribution in [1.82, 2.24) is 68.7 Å². The number of aromatic nitrogens is 14. The van der Waals surface area contributed by atoms with Crippen LogP contribution in [0.5, 0.6) is 0 Å². The monoisotopic (exact) mass is 1830 g/mol. The molecule has 0 unspecified atom stereocenters. The summed E-state index contributed by atoms with van der Waals surface area (Å²) in [5, 5.41) is 25.1. The molecule has 124 heavy (non-hydrogen) atoms. The van der Waals surface area contributed by atoms with Crippen molar-refractivity contribution in [3.8, 4) is 33.5 Å². The zero-order valence-electron chi connectivity index (χ0n) is 67.3. The normalized spacial score (nSPS) is 18.8. The summed E-state index contributed by atoms with van der Waals surface area (Å²) in [7, 11) is -0.723. The van der Waals surface area contributed by atoms with Gasteiger partial charge in [-0.15, -0.1) is 0 Å². The molecule has 2 saturated carbocycles. The van der Waals surface area contributed by atoms with E-state index in [9.17, 15) is 70.3 Å². The van der Waals surface area contributed by atoms with Crippen molar-refractivity contribution in [3.63, 3.8) is 0 Å². The zero-order chi connectivity index (χ0) is 89.9. The third-order valence-corrected chi connectivity index (χ3v) is 25.5. The Bertz CT molecular complexity index is 6530. The van der Waals surface area contributed by atoms with Gasteiger partial charge in [0, 0.05) is 163 Å². The molecule has 3 fully saturated rings. The predicted octanol–water partition coefficient (Wildman–Crippen LogP) is 16.8. The van der Waals surface area contributed by atoms with Gasteiger partial charge in [-0.2, -0.15) is 74.5 Å². The Balaban J connectivity index is 0.000000165. The van der Waals surface area contributed by atoms with Crippen LogP contribution in [0.25, 0.3) is 55.3 Å². The maximum absolute atomic E-state index is 15.4. The van der Waals surface area contributed by atoms with E-state index in [1.807, 2.05) is 40.9 Å². The Hall–Kier alpha value is -9.93. The quantitative estimate of drug-likeness (QED) is 0.0347. The summed E-state index contributed by atoms with van der Waals surface area (Å²) < 4.78 is 271. The highest BCUT2D eigenvalue weighted by atomic mass is 35.5. The van der Waals surface area contributed by atoms with Crippen molar-refractivity contribution < 1.29 is 97.2 Å². The maximum Gasteiger partial charge on any atom is 0.498 e. The number of alkyl halides is 10. The van der Waals surface area contributed by atoms with E-state index >= 15 is 17.6 Å². The van der Waals surface area contributed by atoms with Gasteiger partial charge in [-0.1, -0.05) is 53.0 Å². The molecular weight excluding hydrogens is 1760 g/mol. The Labute approximate surface area is 714 Å². The van der Waals surface area contributed by atoms with Gasteiger partial charge in [0.15, 0.2) is 42.6 Å². The molecule has 0 amide bonds. The number of Topliss-reactive ketones (excluding diaryl/α,β-unsaturated/α-hetero) is 2. The van der Waals surface area contributed by atoms with E-state index in [-0.39, 0.29) is 93.1 Å². The number of halogens is 17. The first-order chi connectivity index (χ1) is 57.7. The van der Waals surface area contributed by atoms with Gasteiger partial charge in [0.2, 0.25) is 0 Å². The van der Waals surface area contributed by atoms with E-state index in [1.54, 1.807) is 68.6 Å². The molecule has 42 heteroatoms. The van der Waals surface area contributed by atoms with Gasteiger partial charge >= 0.3 is 19.5 Å². The Morgan fingerprint density at radius 2 is 0.935 bits per heavy atom. The molecular formula is C82H74BCl3F14N14O8S2. The third-order valence-electron chi connectivity index (χ3n) is 23.0. The van der Waals surface area contributed by atoms with Crippen LogP contribution in [0.4, 0.5) is 61.5 Å². The van der Waals surface area contributed by atoms with Crippen LogP contribution < -0.4 is 5.46 Å². The number of carbonyl (C=O) groups is 2. The first-order valence-corrected chi connectivity index (χ1v) is 43.7. The topological polar surface area (TPSA) is 254 Å². The Morgan fingerprint density at radius 3 is 1.32 bits per heavy atom. The van der Waals surface area contributed by atoms with Crippen molar-refractivity contribution in [3.05, 3.63) is 216 Å². The summed E-state index contributed by atoms with van der Waals surface area (Å²) >= 11 is 19.5. The van der Waals surface area contributed by atoms with Gasteiger partial charge in [0.1, 0.15) is 52.9 Å². The number of nitrogens with zero attached hydrogens (tertiary/aromatic N) is 14. The molecule has 0 spiro atoms. The van der Waals surface area contributed by atoms with Crippen LogP contribution in [-0.4, -0.2) is 128 Å². The summed E-state index contributed by atoms with van der Waals surface area (Å²) in [6, 6.07) is 18.1. The molecule has 8 aromatic heterocycles. The SMILES string of the molecule is Cn1cc(-c2ccc(-c3ccc(Cl)c4c(CS(C)(=O)=O)nn(C)c34)c([C@@H](CC(=O)Cn3nc(C(F)(F)F)c4c3C(F)(F)[C@@H]3C[C@H]43)Cc3cc(F)cc(F)c3)n2)cn1.Cn1cc(B2OC(C)(C)C(C)(C)O2)cn1.Cn1nc(CS(C)(=O)=O)c2c(Cl)ccc(-c3ccc(Cl)nc3[C@@H](CC(=O)Cn3nc(C(F)(F)F)c4c3C(F)(F)[C@@H]3C[C@H]43)Cc3cc(F)cc(F)c3)c21. The molecule has 0 N–H and O–H groups in total. The van der Waals surface area contributed by atoms with Crippen molar-refractivity contribution in [1.29, 1.82) is 0 Å². The lowest BCUT2D eigenvalue weighted by molar-refractivity contribution is -0.143. The highest BCUT2D eigenvalue weighted by Crippen LogP contribution is 2.70. The summed E-state index contributed by atoms with van der Waals surface area (Å²) in [6.45, 7) is 6.29. The molecule has 6 atom stereocenters. The number of fused-ring (bicyclic) bond motifs is 8. The van der Waals surface area contributed by atoms with Crippen molar-refractivity contribution in [2.24, 2.45) is 40.0 Å². The van der Waals surface area contributed by atoms with Crippen LogP contribution in [0.3, 0.4) is 0 Å². The van der Waals surface area contributed by atoms with Crippen molar-refractivity contribution in [2.45, 2.75) is 150 Å².